The van der Waals surface area contributed by atoms with Gasteiger partial charge in [-0.25, -0.2) is 18.0 Å². The highest BCUT2D eigenvalue weighted by Gasteiger charge is 2.38. The van der Waals surface area contributed by atoms with E-state index in [0.717, 1.165) is 4.57 Å². The van der Waals surface area contributed by atoms with Crippen LogP contribution in [0.4, 0.5) is 22.0 Å². The maximum absolute atomic E-state index is 13.8. The molecule has 3 rings (SSSR count). The SMILES string of the molecule is CC[C@H]1O[C@@H](n2cc(C)c(=O)[nH]c2=O)C[C@@H]1OC(=S)Oc1c(F)c(F)c(F)c(F)c1F. The largest absolute Gasteiger partial charge is 0.450 e. The second-order valence-electron chi connectivity index (χ2n) is 6.66. The van der Waals surface area contributed by atoms with Crippen molar-refractivity contribution in [3.05, 3.63) is 61.7 Å². The normalized spacial score (nSPS) is 20.7. The molecule has 2 heterocycles. The number of benzene rings is 1. The molecular weight excluding hydrogens is 451 g/mol. The number of ether oxygens (including phenoxy) is 3. The van der Waals surface area contributed by atoms with Gasteiger partial charge in [-0.15, -0.1) is 0 Å². The molecule has 31 heavy (non-hydrogen) atoms. The van der Waals surface area contributed by atoms with Gasteiger partial charge < -0.3 is 14.2 Å². The fourth-order valence-electron chi connectivity index (χ4n) is 3.06. The van der Waals surface area contributed by atoms with E-state index >= 15 is 0 Å². The lowest BCUT2D eigenvalue weighted by molar-refractivity contribution is -0.0217. The lowest BCUT2D eigenvalue weighted by atomic mass is 10.1. The average molecular weight is 466 g/mol. The van der Waals surface area contributed by atoms with Crippen LogP contribution in [-0.2, 0) is 9.47 Å². The lowest BCUT2D eigenvalue weighted by Gasteiger charge is -2.19. The number of nitrogens with zero attached hydrogens (tertiary/aromatic N) is 1. The number of nitrogens with one attached hydrogen (secondary N) is 1. The third kappa shape index (κ3) is 4.32. The molecule has 0 spiro atoms. The Morgan fingerprint density at radius 1 is 1.16 bits per heavy atom. The smallest absolute Gasteiger partial charge is 0.358 e. The Bertz CT molecular complexity index is 1120. The monoisotopic (exact) mass is 466 g/mol. The molecule has 1 aliphatic rings. The van der Waals surface area contributed by atoms with Crippen LogP contribution in [0.5, 0.6) is 5.75 Å². The Kier molecular flexibility index (Phi) is 6.46. The highest BCUT2D eigenvalue weighted by molar-refractivity contribution is 7.79. The first-order chi connectivity index (χ1) is 14.5. The molecule has 13 heteroatoms. The molecule has 1 aromatic heterocycles. The number of aromatic nitrogens is 2. The summed E-state index contributed by atoms with van der Waals surface area (Å²) < 4.78 is 84.0. The van der Waals surface area contributed by atoms with Crippen LogP contribution in [0.15, 0.2) is 15.8 Å². The minimum absolute atomic E-state index is 0.0184. The molecule has 0 unspecified atom stereocenters. The predicted octanol–water partition coefficient (Wildman–Crippen LogP) is 2.99. The molecule has 1 aromatic carbocycles. The Labute approximate surface area is 176 Å². The number of aryl methyl sites for hydroxylation is 1. The maximum atomic E-state index is 13.8. The number of halogens is 5. The van der Waals surface area contributed by atoms with Gasteiger partial charge in [0.05, 0.1) is 6.10 Å². The Morgan fingerprint density at radius 2 is 1.74 bits per heavy atom. The number of rotatable bonds is 4. The molecule has 0 bridgehead atoms. The van der Waals surface area contributed by atoms with Crippen molar-refractivity contribution in [2.45, 2.75) is 45.1 Å². The lowest BCUT2D eigenvalue weighted by Crippen LogP contribution is -2.33. The minimum atomic E-state index is -2.34. The number of thiocarbonyl (C=S) groups is 1. The van der Waals surface area contributed by atoms with Crippen molar-refractivity contribution < 1.29 is 36.2 Å². The number of hydrogen-bond acceptors (Lipinski definition) is 6. The van der Waals surface area contributed by atoms with E-state index in [1.54, 1.807) is 6.92 Å². The summed E-state index contributed by atoms with van der Waals surface area (Å²) >= 11 is 4.74. The molecular formula is C18H15F5N2O5S. The molecule has 1 aliphatic heterocycles. The molecule has 7 nitrogen and oxygen atoms in total. The van der Waals surface area contributed by atoms with Gasteiger partial charge in [0.15, 0.2) is 0 Å². The second-order valence-corrected chi connectivity index (χ2v) is 6.99. The van der Waals surface area contributed by atoms with Crippen LogP contribution < -0.4 is 16.0 Å². The van der Waals surface area contributed by atoms with E-state index in [9.17, 15) is 31.5 Å². The van der Waals surface area contributed by atoms with Crippen molar-refractivity contribution in [3.8, 4) is 5.75 Å². The molecule has 1 fully saturated rings. The fraction of sp³-hybridized carbons (Fsp3) is 0.389. The number of H-pyrrole nitrogens is 1. The summed E-state index contributed by atoms with van der Waals surface area (Å²) in [5, 5.41) is -0.902. The first kappa shape index (κ1) is 22.9. The summed E-state index contributed by atoms with van der Waals surface area (Å²) in [4.78, 5) is 25.7. The summed E-state index contributed by atoms with van der Waals surface area (Å²) in [6.45, 7) is 3.21. The van der Waals surface area contributed by atoms with Crippen molar-refractivity contribution in [1.82, 2.24) is 9.55 Å². The van der Waals surface area contributed by atoms with Crippen LogP contribution >= 0.6 is 12.2 Å². The standard InChI is InChI=1S/C18H15F5N2O5S/c1-3-7-8(4-9(28-7)25-5-6(2)16(26)24-17(25)27)29-18(31)30-15-13(22)11(20)10(19)12(21)14(15)23/h5,7-9H,3-4H2,1-2H3,(H,24,26,27)/t7-,8+,9-/m1/s1. The summed E-state index contributed by atoms with van der Waals surface area (Å²) in [7, 11) is 0. The zero-order valence-corrected chi connectivity index (χ0v) is 16.8. The van der Waals surface area contributed by atoms with Gasteiger partial charge >= 0.3 is 10.9 Å². The van der Waals surface area contributed by atoms with Gasteiger partial charge in [-0.05, 0) is 13.3 Å². The van der Waals surface area contributed by atoms with Crippen molar-refractivity contribution in [3.63, 3.8) is 0 Å². The minimum Gasteiger partial charge on any atom is -0.450 e. The van der Waals surface area contributed by atoms with Gasteiger partial charge in [0, 0.05) is 30.4 Å². The van der Waals surface area contributed by atoms with Crippen LogP contribution in [-0.4, -0.2) is 27.0 Å². The van der Waals surface area contributed by atoms with Crippen LogP contribution in [0.3, 0.4) is 0 Å². The molecule has 0 amide bonds. The van der Waals surface area contributed by atoms with Crippen LogP contribution in [0.1, 0.15) is 31.6 Å². The summed E-state index contributed by atoms with van der Waals surface area (Å²) in [5.41, 5.74) is -1.03. The Morgan fingerprint density at radius 3 is 2.32 bits per heavy atom. The van der Waals surface area contributed by atoms with E-state index in [1.807, 2.05) is 0 Å². The third-order valence-electron chi connectivity index (χ3n) is 4.64. The van der Waals surface area contributed by atoms with Crippen molar-refractivity contribution >= 4 is 17.5 Å². The van der Waals surface area contributed by atoms with Gasteiger partial charge in [0.25, 0.3) is 5.56 Å². The van der Waals surface area contributed by atoms with Crippen molar-refractivity contribution in [2.75, 3.05) is 0 Å². The zero-order valence-electron chi connectivity index (χ0n) is 16.0. The molecule has 1 saturated heterocycles. The van der Waals surface area contributed by atoms with Gasteiger partial charge in [0.1, 0.15) is 12.3 Å². The molecule has 0 radical (unpaired) electrons. The van der Waals surface area contributed by atoms with Gasteiger partial charge in [-0.1, -0.05) is 6.92 Å². The highest BCUT2D eigenvalue weighted by Crippen LogP contribution is 2.33. The average Bonchev–Trinajstić information content (AvgIpc) is 3.13. The van der Waals surface area contributed by atoms with Crippen molar-refractivity contribution in [2.24, 2.45) is 0 Å². The van der Waals surface area contributed by atoms with E-state index in [-0.39, 0.29) is 12.0 Å². The highest BCUT2D eigenvalue weighted by atomic mass is 32.1. The first-order valence-corrected chi connectivity index (χ1v) is 9.33. The number of hydrogen-bond donors (Lipinski definition) is 1. The Hall–Kier alpha value is -2.80. The van der Waals surface area contributed by atoms with Gasteiger partial charge in [0.2, 0.25) is 34.8 Å². The van der Waals surface area contributed by atoms with Crippen LogP contribution in [0.25, 0.3) is 0 Å². The van der Waals surface area contributed by atoms with E-state index in [1.165, 1.54) is 13.1 Å². The molecule has 0 saturated carbocycles. The van der Waals surface area contributed by atoms with Crippen LogP contribution in [0.2, 0.25) is 0 Å². The molecule has 1 N–H and O–H groups in total. The quantitative estimate of drug-likeness (QED) is 0.323. The predicted molar refractivity (Wildman–Crippen MR) is 99.2 cm³/mol. The maximum Gasteiger partial charge on any atom is 0.358 e. The van der Waals surface area contributed by atoms with Gasteiger partial charge in [-0.2, -0.15) is 8.78 Å². The molecule has 0 aliphatic carbocycles. The first-order valence-electron chi connectivity index (χ1n) is 8.92. The molecule has 168 valence electrons. The topological polar surface area (TPSA) is 82.6 Å². The summed E-state index contributed by atoms with van der Waals surface area (Å²) in [5.74, 6) is -12.7. The Balaban J connectivity index is 1.79. The number of aromatic amines is 1. The molecule has 2 aromatic rings. The third-order valence-corrected chi connectivity index (χ3v) is 4.82. The van der Waals surface area contributed by atoms with E-state index in [0.29, 0.717) is 6.42 Å². The van der Waals surface area contributed by atoms with Crippen molar-refractivity contribution in [1.29, 1.82) is 0 Å². The summed E-state index contributed by atoms with van der Waals surface area (Å²) in [6.07, 6.45) is -0.710. The zero-order chi connectivity index (χ0) is 23.0. The molecule has 3 atom stereocenters. The van der Waals surface area contributed by atoms with Crippen LogP contribution in [0, 0.1) is 36.0 Å². The van der Waals surface area contributed by atoms with E-state index < -0.39 is 69.8 Å². The fourth-order valence-corrected chi connectivity index (χ4v) is 3.27. The van der Waals surface area contributed by atoms with E-state index in [2.05, 4.69) is 9.72 Å². The summed E-state index contributed by atoms with van der Waals surface area (Å²) in [6, 6.07) is 0. The van der Waals surface area contributed by atoms with E-state index in [4.69, 9.17) is 21.7 Å². The second kappa shape index (κ2) is 8.75. The van der Waals surface area contributed by atoms with Gasteiger partial charge in [-0.3, -0.25) is 14.3 Å².